The average molecular weight is 531 g/mol. The molecule has 5 aromatic carbocycles. The van der Waals surface area contributed by atoms with E-state index < -0.39 is 17.5 Å². The number of rotatable bonds is 2. The number of benzene rings is 5. The third kappa shape index (κ3) is 2.74. The van der Waals surface area contributed by atoms with Gasteiger partial charge in [0.2, 0.25) is 0 Å². The van der Waals surface area contributed by atoms with Gasteiger partial charge in [-0.2, -0.15) is 0 Å². The van der Waals surface area contributed by atoms with Gasteiger partial charge in [0.05, 0.1) is 11.2 Å². The summed E-state index contributed by atoms with van der Waals surface area (Å²) in [7, 11) is 0. The maximum Gasteiger partial charge on any atom is 0.270 e. The molecule has 10 heteroatoms. The van der Waals surface area contributed by atoms with Gasteiger partial charge in [0, 0.05) is 34.1 Å². The van der Waals surface area contributed by atoms with Crippen molar-refractivity contribution >= 4 is 34.1 Å². The summed E-state index contributed by atoms with van der Waals surface area (Å²) in [4.78, 5) is 0. The van der Waals surface area contributed by atoms with Gasteiger partial charge in [-0.1, -0.05) is 23.4 Å². The molecular weight excluding hydrogens is 518 g/mol. The van der Waals surface area contributed by atoms with Crippen LogP contribution >= 0.6 is 0 Å². The maximum atomic E-state index is 14.0. The summed E-state index contributed by atoms with van der Waals surface area (Å²) in [5, 5.41) is 8.19. The van der Waals surface area contributed by atoms with Crippen molar-refractivity contribution in [3.05, 3.63) is 96.3 Å². The van der Waals surface area contributed by atoms with Crippen molar-refractivity contribution in [1.29, 1.82) is 0 Å². The highest BCUT2D eigenvalue weighted by Gasteiger charge is 2.46. The molecule has 0 atom stereocenters. The average Bonchev–Trinajstić information content (AvgIpc) is 3.39. The van der Waals surface area contributed by atoms with E-state index in [0.29, 0.717) is 28.3 Å². The number of hydrogen-bond acceptors (Lipinski definition) is 5. The fraction of sp³-hybridized carbons (Fsp3) is 0. The quantitative estimate of drug-likeness (QED) is 0.223. The highest BCUT2D eigenvalue weighted by molar-refractivity contribution is 6.99. The molecule has 0 saturated carbocycles. The summed E-state index contributed by atoms with van der Waals surface area (Å²) < 4.78 is 62.0. The van der Waals surface area contributed by atoms with Crippen molar-refractivity contribution in [3.63, 3.8) is 0 Å². The van der Waals surface area contributed by atoms with Gasteiger partial charge in [-0.15, -0.1) is 5.10 Å². The fourth-order valence-corrected chi connectivity index (χ4v) is 5.98. The van der Waals surface area contributed by atoms with Crippen molar-refractivity contribution in [2.24, 2.45) is 0 Å². The summed E-state index contributed by atoms with van der Waals surface area (Å²) in [5.74, 6) is 0.104. The van der Waals surface area contributed by atoms with E-state index in [1.165, 1.54) is 4.68 Å². The van der Waals surface area contributed by atoms with Gasteiger partial charge in [-0.05, 0) is 54.1 Å². The first-order valence-corrected chi connectivity index (χ1v) is 12.5. The molecule has 3 aliphatic heterocycles. The molecule has 9 rings (SSSR count). The number of hydrogen-bond donors (Lipinski definition) is 0. The molecule has 0 aliphatic carbocycles. The Bertz CT molecular complexity index is 2050. The van der Waals surface area contributed by atoms with E-state index in [9.17, 15) is 13.2 Å². The summed E-state index contributed by atoms with van der Waals surface area (Å²) in [6.07, 6.45) is 0. The first-order valence-electron chi connectivity index (χ1n) is 12.5. The molecule has 0 N–H and O–H groups in total. The Balaban J connectivity index is 1.26. The second kappa shape index (κ2) is 7.44. The molecule has 0 spiro atoms. The zero-order chi connectivity index (χ0) is 26.7. The Morgan fingerprint density at radius 3 is 1.95 bits per heavy atom. The lowest BCUT2D eigenvalue weighted by atomic mass is 9.33. The van der Waals surface area contributed by atoms with Crippen LogP contribution in [0.3, 0.4) is 0 Å². The van der Waals surface area contributed by atoms with Gasteiger partial charge in [0.25, 0.3) is 6.71 Å². The van der Waals surface area contributed by atoms with Crippen LogP contribution in [0.4, 0.5) is 13.2 Å². The predicted molar refractivity (Wildman–Crippen MR) is 142 cm³/mol. The second-order valence-electron chi connectivity index (χ2n) is 9.86. The van der Waals surface area contributed by atoms with Crippen LogP contribution in [0.2, 0.25) is 0 Å². The van der Waals surface area contributed by atoms with E-state index in [0.717, 1.165) is 56.9 Å². The lowest BCUT2D eigenvalue weighted by molar-refractivity contribution is 0.443. The minimum absolute atomic E-state index is 0.0141. The van der Waals surface area contributed by atoms with Crippen LogP contribution in [-0.2, 0) is 0 Å². The maximum absolute atomic E-state index is 14.0. The minimum atomic E-state index is -1.54. The lowest BCUT2D eigenvalue weighted by Crippen LogP contribution is -2.59. The van der Waals surface area contributed by atoms with Crippen molar-refractivity contribution in [2.75, 3.05) is 0 Å². The molecule has 1 aromatic heterocycles. The molecule has 40 heavy (non-hydrogen) atoms. The molecule has 6 nitrogen and oxygen atoms in total. The van der Waals surface area contributed by atoms with Crippen molar-refractivity contribution in [2.45, 2.75) is 0 Å². The van der Waals surface area contributed by atoms with Gasteiger partial charge in [-0.3, -0.25) is 0 Å². The molecule has 3 aliphatic rings. The van der Waals surface area contributed by atoms with Crippen molar-refractivity contribution in [3.8, 4) is 51.3 Å². The van der Waals surface area contributed by atoms with Crippen LogP contribution in [0, 0.1) is 17.5 Å². The standard InChI is InChI=1S/C30H13BF3N3O3/c32-17-12-15(13-18(33)29(17)34)37-20-11-14(7-9-19(20)35-36-37)16-8-10-25-28-30(16)40-24-6-2-5-23-27(24)31(28)26-21(38-23)3-1-4-22(26)39-25/h1-13H. The van der Waals surface area contributed by atoms with Gasteiger partial charge in [-0.25, -0.2) is 17.9 Å². The largest absolute Gasteiger partial charge is 0.458 e. The molecule has 0 bridgehead atoms. The van der Waals surface area contributed by atoms with Crippen molar-refractivity contribution < 1.29 is 27.4 Å². The van der Waals surface area contributed by atoms with Crippen LogP contribution in [0.1, 0.15) is 0 Å². The molecule has 190 valence electrons. The Kier molecular flexibility index (Phi) is 4.03. The Morgan fingerprint density at radius 1 is 0.650 bits per heavy atom. The normalized spacial score (nSPS) is 13.4. The highest BCUT2D eigenvalue weighted by atomic mass is 19.2. The highest BCUT2D eigenvalue weighted by Crippen LogP contribution is 2.45. The first-order chi connectivity index (χ1) is 19.5. The molecule has 4 heterocycles. The number of fused-ring (bicyclic) bond motifs is 1. The van der Waals surface area contributed by atoms with Gasteiger partial charge in [0.1, 0.15) is 40.0 Å². The Morgan fingerprint density at radius 2 is 1.27 bits per heavy atom. The van der Waals surface area contributed by atoms with Crippen LogP contribution in [0.5, 0.6) is 34.5 Å². The zero-order valence-electron chi connectivity index (χ0n) is 20.3. The lowest BCUT2D eigenvalue weighted by Gasteiger charge is -2.37. The summed E-state index contributed by atoms with van der Waals surface area (Å²) >= 11 is 0. The SMILES string of the molecule is Fc1cc(-n2nnc3ccc(-c4ccc5c6c4Oc4cccc7c4B6c4c(cccc4O5)O7)cc32)cc(F)c1F. The van der Waals surface area contributed by atoms with E-state index >= 15 is 0 Å². The third-order valence-corrected chi connectivity index (χ3v) is 7.70. The molecular formula is C30H13BF3N3O3. The zero-order valence-corrected chi connectivity index (χ0v) is 20.3. The minimum Gasteiger partial charge on any atom is -0.458 e. The number of ether oxygens (including phenoxy) is 3. The van der Waals surface area contributed by atoms with Gasteiger partial charge < -0.3 is 14.2 Å². The van der Waals surface area contributed by atoms with Crippen LogP contribution in [-0.4, -0.2) is 21.7 Å². The number of halogens is 3. The van der Waals surface area contributed by atoms with Crippen molar-refractivity contribution in [1.82, 2.24) is 15.0 Å². The van der Waals surface area contributed by atoms with E-state index in [4.69, 9.17) is 14.2 Å². The topological polar surface area (TPSA) is 58.4 Å². The molecule has 0 radical (unpaired) electrons. The first kappa shape index (κ1) is 21.7. The van der Waals surface area contributed by atoms with Crippen LogP contribution in [0.25, 0.3) is 27.8 Å². The Hall–Kier alpha value is -5.25. The van der Waals surface area contributed by atoms with Crippen LogP contribution in [0.15, 0.2) is 78.9 Å². The summed E-state index contributed by atoms with van der Waals surface area (Å²) in [6.45, 7) is -0.139. The number of nitrogens with zero attached hydrogens (tertiary/aromatic N) is 3. The van der Waals surface area contributed by atoms with E-state index in [1.807, 2.05) is 60.7 Å². The molecule has 0 unspecified atom stereocenters. The second-order valence-corrected chi connectivity index (χ2v) is 9.86. The van der Waals surface area contributed by atoms with Gasteiger partial charge >= 0.3 is 0 Å². The Labute approximate surface area is 224 Å². The summed E-state index contributed by atoms with van der Waals surface area (Å²) in [6, 6.07) is 22.6. The van der Waals surface area contributed by atoms with Gasteiger partial charge in [0.15, 0.2) is 17.5 Å². The molecule has 0 saturated heterocycles. The molecule has 0 fully saturated rings. The smallest absolute Gasteiger partial charge is 0.270 e. The molecule has 0 amide bonds. The summed E-state index contributed by atoms with van der Waals surface area (Å²) in [5.41, 5.74) is 5.36. The monoisotopic (exact) mass is 531 g/mol. The third-order valence-electron chi connectivity index (χ3n) is 7.70. The van der Waals surface area contributed by atoms with E-state index in [-0.39, 0.29) is 12.4 Å². The van der Waals surface area contributed by atoms with E-state index in [1.54, 1.807) is 6.07 Å². The number of aromatic nitrogens is 3. The fourth-order valence-electron chi connectivity index (χ4n) is 5.98. The van der Waals surface area contributed by atoms with Crippen LogP contribution < -0.4 is 30.6 Å². The molecule has 6 aromatic rings. The van der Waals surface area contributed by atoms with E-state index in [2.05, 4.69) is 10.3 Å². The predicted octanol–water partition coefficient (Wildman–Crippen LogP) is 5.34.